The number of carbonyl (C=O) groups is 2. The monoisotopic (exact) mass is 502 g/mol. The number of benzene rings is 2. The molecule has 0 bridgehead atoms. The molecule has 0 unspecified atom stereocenters. The highest BCUT2D eigenvalue weighted by Crippen LogP contribution is 2.36. The summed E-state index contributed by atoms with van der Waals surface area (Å²) in [4.78, 5) is 31.4. The highest BCUT2D eigenvalue weighted by molar-refractivity contribution is 9.10. The summed E-state index contributed by atoms with van der Waals surface area (Å²) < 4.78 is 11.0. The minimum atomic E-state index is -0.424. The Kier molecular flexibility index (Phi) is 7.92. The van der Waals surface area contributed by atoms with E-state index in [4.69, 9.17) is 9.47 Å². The van der Waals surface area contributed by atoms with Gasteiger partial charge in [0.2, 0.25) is 0 Å². The molecule has 0 aliphatic carbocycles. The van der Waals surface area contributed by atoms with E-state index in [0.29, 0.717) is 26.9 Å². The van der Waals surface area contributed by atoms with Gasteiger partial charge in [-0.15, -0.1) is 0 Å². The van der Waals surface area contributed by atoms with Crippen molar-refractivity contribution in [1.29, 1.82) is 0 Å². The first kappa shape index (κ1) is 23.1. The molecule has 1 amide bonds. The highest BCUT2D eigenvalue weighted by Gasteiger charge is 2.35. The third-order valence-electron chi connectivity index (χ3n) is 4.24. The first-order chi connectivity index (χ1) is 14.9. The van der Waals surface area contributed by atoms with Gasteiger partial charge in [-0.3, -0.25) is 9.69 Å². The Bertz CT molecular complexity index is 1020. The number of nitrogens with zero attached hydrogens (tertiary/aromatic N) is 2. The zero-order valence-corrected chi connectivity index (χ0v) is 19.9. The number of rotatable bonds is 7. The van der Waals surface area contributed by atoms with E-state index in [1.807, 2.05) is 62.4 Å². The molecule has 6 nitrogen and oxygen atoms in total. The van der Waals surface area contributed by atoms with E-state index < -0.39 is 5.97 Å². The van der Waals surface area contributed by atoms with Crippen molar-refractivity contribution in [2.45, 2.75) is 26.8 Å². The van der Waals surface area contributed by atoms with E-state index >= 15 is 0 Å². The first-order valence-corrected chi connectivity index (χ1v) is 11.4. The fraction of sp³-hybridized carbons (Fsp3) is 0.261. The van der Waals surface area contributed by atoms with E-state index in [1.165, 1.54) is 11.8 Å². The Morgan fingerprint density at radius 1 is 1.23 bits per heavy atom. The van der Waals surface area contributed by atoms with Gasteiger partial charge in [0, 0.05) is 6.04 Å². The number of carbonyl (C=O) groups excluding carboxylic acids is 2. The van der Waals surface area contributed by atoms with Gasteiger partial charge < -0.3 is 9.47 Å². The Hall–Kier alpha value is -2.58. The number of ether oxygens (including phenoxy) is 2. The van der Waals surface area contributed by atoms with Crippen LogP contribution >= 0.6 is 27.7 Å². The zero-order chi connectivity index (χ0) is 22.4. The van der Waals surface area contributed by atoms with Gasteiger partial charge in [-0.05, 0) is 84.4 Å². The highest BCUT2D eigenvalue weighted by atomic mass is 79.9. The van der Waals surface area contributed by atoms with Crippen molar-refractivity contribution in [1.82, 2.24) is 4.90 Å². The summed E-state index contributed by atoms with van der Waals surface area (Å²) in [5.41, 5.74) is 1.63. The summed E-state index contributed by atoms with van der Waals surface area (Å²) in [7, 11) is 0. The SMILES string of the molecule is CCOC(=O)COc1ccc(/C=C2/SC(=Nc3ccccc3)N(C(C)C)C2=O)cc1Br. The second-order valence-electron chi connectivity index (χ2n) is 6.89. The molecule has 1 aliphatic heterocycles. The van der Waals surface area contributed by atoms with Gasteiger partial charge in [-0.25, -0.2) is 9.79 Å². The van der Waals surface area contributed by atoms with Gasteiger partial charge >= 0.3 is 5.97 Å². The van der Waals surface area contributed by atoms with Crippen molar-refractivity contribution in [3.05, 3.63) is 63.5 Å². The fourth-order valence-corrected chi connectivity index (χ4v) is 4.48. The van der Waals surface area contributed by atoms with Crippen LogP contribution in [-0.2, 0) is 14.3 Å². The second-order valence-corrected chi connectivity index (χ2v) is 8.76. The van der Waals surface area contributed by atoms with Gasteiger partial charge in [-0.2, -0.15) is 0 Å². The van der Waals surface area contributed by atoms with Crippen LogP contribution in [0.3, 0.4) is 0 Å². The van der Waals surface area contributed by atoms with Crippen molar-refractivity contribution in [2.24, 2.45) is 4.99 Å². The molecule has 0 radical (unpaired) electrons. The van der Waals surface area contributed by atoms with Crippen LogP contribution in [-0.4, -0.2) is 41.2 Å². The topological polar surface area (TPSA) is 68.2 Å². The molecular formula is C23H23BrN2O4S. The van der Waals surface area contributed by atoms with Crippen LogP contribution in [0.15, 0.2) is 62.9 Å². The number of aliphatic imine (C=N–C) groups is 1. The number of hydrogen-bond donors (Lipinski definition) is 0. The summed E-state index contributed by atoms with van der Waals surface area (Å²) in [5.74, 6) is 0.0248. The van der Waals surface area contributed by atoms with E-state index in [2.05, 4.69) is 20.9 Å². The lowest BCUT2D eigenvalue weighted by Crippen LogP contribution is -2.35. The minimum absolute atomic E-state index is 0.0150. The maximum atomic E-state index is 13.0. The van der Waals surface area contributed by atoms with E-state index in [9.17, 15) is 9.59 Å². The van der Waals surface area contributed by atoms with E-state index in [-0.39, 0.29) is 18.6 Å². The molecule has 0 aromatic heterocycles. The summed E-state index contributed by atoms with van der Waals surface area (Å²) in [6, 6.07) is 15.0. The van der Waals surface area contributed by atoms with Crippen molar-refractivity contribution in [2.75, 3.05) is 13.2 Å². The Morgan fingerprint density at radius 2 is 1.97 bits per heavy atom. The largest absolute Gasteiger partial charge is 0.481 e. The number of halogens is 1. The van der Waals surface area contributed by atoms with Crippen LogP contribution in [0.25, 0.3) is 6.08 Å². The molecule has 1 saturated heterocycles. The van der Waals surface area contributed by atoms with E-state index in [1.54, 1.807) is 17.9 Å². The molecule has 2 aromatic carbocycles. The summed E-state index contributed by atoms with van der Waals surface area (Å²) >= 11 is 4.81. The average Bonchev–Trinajstić information content (AvgIpc) is 3.03. The van der Waals surface area contributed by atoms with Crippen LogP contribution in [0.5, 0.6) is 5.75 Å². The molecule has 1 fully saturated rings. The van der Waals surface area contributed by atoms with Gasteiger partial charge in [0.25, 0.3) is 5.91 Å². The number of amidine groups is 1. The molecule has 1 heterocycles. The second kappa shape index (κ2) is 10.6. The van der Waals surface area contributed by atoms with Gasteiger partial charge in [-0.1, -0.05) is 24.3 Å². The molecule has 8 heteroatoms. The molecular weight excluding hydrogens is 480 g/mol. The lowest BCUT2D eigenvalue weighted by molar-refractivity contribution is -0.145. The Balaban J connectivity index is 1.81. The fourth-order valence-electron chi connectivity index (χ4n) is 2.85. The Morgan fingerprint density at radius 3 is 2.61 bits per heavy atom. The molecule has 0 N–H and O–H groups in total. The van der Waals surface area contributed by atoms with Gasteiger partial charge in [0.05, 0.1) is 21.7 Å². The van der Waals surface area contributed by atoms with Gasteiger partial charge in [0.1, 0.15) is 5.75 Å². The maximum Gasteiger partial charge on any atom is 0.344 e. The zero-order valence-electron chi connectivity index (χ0n) is 17.5. The molecule has 0 atom stereocenters. The molecule has 0 spiro atoms. The normalized spacial score (nSPS) is 16.4. The summed E-state index contributed by atoms with van der Waals surface area (Å²) in [6.07, 6.45) is 1.83. The first-order valence-electron chi connectivity index (χ1n) is 9.84. The van der Waals surface area contributed by atoms with Crippen LogP contribution in [0.4, 0.5) is 5.69 Å². The average molecular weight is 503 g/mol. The molecule has 162 valence electrons. The number of para-hydroxylation sites is 1. The lowest BCUT2D eigenvalue weighted by Gasteiger charge is -2.19. The Labute approximate surface area is 194 Å². The molecule has 31 heavy (non-hydrogen) atoms. The quantitative estimate of drug-likeness (QED) is 0.374. The molecule has 3 rings (SSSR count). The summed E-state index contributed by atoms with van der Waals surface area (Å²) in [6.45, 7) is 5.82. The standard InChI is InChI=1S/C23H23BrN2O4S/c1-4-29-21(27)14-30-19-11-10-16(12-18(19)24)13-20-22(28)26(15(2)3)23(31-20)25-17-8-6-5-7-9-17/h5-13,15H,4,14H2,1-3H3/b20-13+,25-23?. The third-order valence-corrected chi connectivity index (χ3v) is 5.84. The third kappa shape index (κ3) is 5.98. The van der Waals surface area contributed by atoms with Crippen LogP contribution in [0.1, 0.15) is 26.3 Å². The lowest BCUT2D eigenvalue weighted by atomic mass is 10.2. The molecule has 2 aromatic rings. The van der Waals surface area contributed by atoms with Crippen molar-refractivity contribution in [3.8, 4) is 5.75 Å². The minimum Gasteiger partial charge on any atom is -0.481 e. The molecule has 0 saturated carbocycles. The van der Waals surface area contributed by atoms with Crippen molar-refractivity contribution in [3.63, 3.8) is 0 Å². The predicted molar refractivity (Wildman–Crippen MR) is 127 cm³/mol. The van der Waals surface area contributed by atoms with Crippen LogP contribution in [0, 0.1) is 0 Å². The van der Waals surface area contributed by atoms with Crippen molar-refractivity contribution >= 4 is 56.5 Å². The number of amides is 1. The number of esters is 1. The smallest absolute Gasteiger partial charge is 0.344 e. The molecule has 1 aliphatic rings. The maximum absolute atomic E-state index is 13.0. The predicted octanol–water partition coefficient (Wildman–Crippen LogP) is 5.40. The van der Waals surface area contributed by atoms with Crippen LogP contribution < -0.4 is 4.74 Å². The summed E-state index contributed by atoms with van der Waals surface area (Å²) in [5, 5.41) is 0.658. The van der Waals surface area contributed by atoms with E-state index in [0.717, 1.165) is 11.3 Å². The van der Waals surface area contributed by atoms with Gasteiger partial charge in [0.15, 0.2) is 11.8 Å². The number of hydrogen-bond acceptors (Lipinski definition) is 6. The van der Waals surface area contributed by atoms with Crippen LogP contribution in [0.2, 0.25) is 0 Å². The van der Waals surface area contributed by atoms with Crippen molar-refractivity contribution < 1.29 is 19.1 Å². The number of thioether (sulfide) groups is 1.